The van der Waals surface area contributed by atoms with Crippen LogP contribution < -0.4 is 9.47 Å². The molecule has 0 spiro atoms. The zero-order valence-electron chi connectivity index (χ0n) is 11.0. The van der Waals surface area contributed by atoms with Gasteiger partial charge in [-0.1, -0.05) is 6.07 Å². The van der Waals surface area contributed by atoms with Crippen LogP contribution in [0.1, 0.15) is 24.4 Å². The van der Waals surface area contributed by atoms with Gasteiger partial charge in [-0.2, -0.15) is 0 Å². The molecule has 2 rings (SSSR count). The lowest BCUT2D eigenvalue weighted by Gasteiger charge is -2.26. The van der Waals surface area contributed by atoms with E-state index in [0.29, 0.717) is 5.88 Å². The second-order valence-corrected chi connectivity index (χ2v) is 4.84. The molecular formula is C14H20ClNO2. The van der Waals surface area contributed by atoms with Crippen LogP contribution in [0.25, 0.3) is 0 Å². The van der Waals surface area contributed by atoms with Crippen molar-refractivity contribution in [2.75, 3.05) is 33.2 Å². The van der Waals surface area contributed by atoms with Crippen molar-refractivity contribution in [1.82, 2.24) is 4.90 Å². The van der Waals surface area contributed by atoms with E-state index in [4.69, 9.17) is 21.1 Å². The SMILES string of the molecule is COc1ccc(C(CCl)N2CCCC2)cc1OC. The highest BCUT2D eigenvalue weighted by Gasteiger charge is 2.23. The summed E-state index contributed by atoms with van der Waals surface area (Å²) in [6.07, 6.45) is 2.53. The Bertz CT molecular complexity index is 391. The minimum Gasteiger partial charge on any atom is -0.493 e. The van der Waals surface area contributed by atoms with Crippen molar-refractivity contribution < 1.29 is 9.47 Å². The smallest absolute Gasteiger partial charge is 0.161 e. The number of likely N-dealkylation sites (tertiary alicyclic amines) is 1. The number of alkyl halides is 1. The molecular weight excluding hydrogens is 250 g/mol. The first-order chi connectivity index (χ1) is 8.80. The Morgan fingerprint density at radius 1 is 1.17 bits per heavy atom. The van der Waals surface area contributed by atoms with Gasteiger partial charge in [0, 0.05) is 11.9 Å². The largest absolute Gasteiger partial charge is 0.493 e. The number of benzene rings is 1. The molecule has 1 unspecified atom stereocenters. The average Bonchev–Trinajstić information content (AvgIpc) is 2.93. The van der Waals surface area contributed by atoms with Crippen LogP contribution in [0.3, 0.4) is 0 Å². The quantitative estimate of drug-likeness (QED) is 0.767. The molecule has 0 radical (unpaired) electrons. The summed E-state index contributed by atoms with van der Waals surface area (Å²) >= 11 is 6.14. The van der Waals surface area contributed by atoms with Gasteiger partial charge in [0.1, 0.15) is 0 Å². The number of nitrogens with zero attached hydrogens (tertiary/aromatic N) is 1. The van der Waals surface area contributed by atoms with Crippen LogP contribution in [0.4, 0.5) is 0 Å². The number of halogens is 1. The number of hydrogen-bond acceptors (Lipinski definition) is 3. The van der Waals surface area contributed by atoms with Gasteiger partial charge in [0.15, 0.2) is 11.5 Å². The van der Waals surface area contributed by atoms with E-state index in [1.54, 1.807) is 14.2 Å². The molecule has 1 heterocycles. The molecule has 1 aliphatic rings. The molecule has 3 nitrogen and oxygen atoms in total. The molecule has 1 saturated heterocycles. The highest BCUT2D eigenvalue weighted by atomic mass is 35.5. The number of methoxy groups -OCH3 is 2. The highest BCUT2D eigenvalue weighted by molar-refractivity contribution is 6.18. The lowest BCUT2D eigenvalue weighted by atomic mass is 10.1. The third kappa shape index (κ3) is 2.73. The molecule has 0 amide bonds. The lowest BCUT2D eigenvalue weighted by molar-refractivity contribution is 0.265. The summed E-state index contributed by atoms with van der Waals surface area (Å²) in [6.45, 7) is 2.26. The first-order valence-electron chi connectivity index (χ1n) is 6.32. The van der Waals surface area contributed by atoms with Gasteiger partial charge in [0.05, 0.1) is 14.2 Å². The zero-order chi connectivity index (χ0) is 13.0. The fourth-order valence-corrected chi connectivity index (χ4v) is 2.88. The average molecular weight is 270 g/mol. The minimum atomic E-state index is 0.272. The van der Waals surface area contributed by atoms with E-state index in [-0.39, 0.29) is 6.04 Å². The molecule has 0 aromatic heterocycles. The molecule has 4 heteroatoms. The standard InChI is InChI=1S/C14H20ClNO2/c1-17-13-6-5-11(9-14(13)18-2)12(10-15)16-7-3-4-8-16/h5-6,9,12H,3-4,7-8,10H2,1-2H3. The number of hydrogen-bond donors (Lipinski definition) is 0. The molecule has 18 heavy (non-hydrogen) atoms. The molecule has 1 atom stereocenters. The van der Waals surface area contributed by atoms with Crippen molar-refractivity contribution in [2.45, 2.75) is 18.9 Å². The van der Waals surface area contributed by atoms with Crippen LogP contribution in [0, 0.1) is 0 Å². The van der Waals surface area contributed by atoms with Crippen molar-refractivity contribution in [2.24, 2.45) is 0 Å². The van der Waals surface area contributed by atoms with Crippen LogP contribution in [-0.2, 0) is 0 Å². The van der Waals surface area contributed by atoms with Crippen LogP contribution in [0.2, 0.25) is 0 Å². The van der Waals surface area contributed by atoms with Crippen molar-refractivity contribution in [3.63, 3.8) is 0 Å². The van der Waals surface area contributed by atoms with Crippen LogP contribution >= 0.6 is 11.6 Å². The van der Waals surface area contributed by atoms with Gasteiger partial charge in [-0.25, -0.2) is 0 Å². The summed E-state index contributed by atoms with van der Waals surface area (Å²) in [6, 6.07) is 6.33. The van der Waals surface area contributed by atoms with Gasteiger partial charge >= 0.3 is 0 Å². The van der Waals surface area contributed by atoms with E-state index in [2.05, 4.69) is 11.0 Å². The van der Waals surface area contributed by atoms with Crippen molar-refractivity contribution in [3.8, 4) is 11.5 Å². The molecule has 1 aromatic rings. The monoisotopic (exact) mass is 269 g/mol. The molecule has 0 saturated carbocycles. The fourth-order valence-electron chi connectivity index (χ4n) is 2.51. The molecule has 100 valence electrons. The van der Waals surface area contributed by atoms with Crippen LogP contribution in [0.5, 0.6) is 11.5 Å². The van der Waals surface area contributed by atoms with Crippen molar-refractivity contribution >= 4 is 11.6 Å². The molecule has 0 aliphatic carbocycles. The Morgan fingerprint density at radius 3 is 2.39 bits per heavy atom. The summed E-state index contributed by atoms with van der Waals surface area (Å²) < 4.78 is 10.6. The highest BCUT2D eigenvalue weighted by Crippen LogP contribution is 2.33. The van der Waals surface area contributed by atoms with E-state index >= 15 is 0 Å². The molecule has 0 bridgehead atoms. The predicted molar refractivity (Wildman–Crippen MR) is 73.8 cm³/mol. The Morgan fingerprint density at radius 2 is 1.83 bits per heavy atom. The van der Waals surface area contributed by atoms with E-state index in [1.165, 1.54) is 18.4 Å². The van der Waals surface area contributed by atoms with Crippen molar-refractivity contribution in [1.29, 1.82) is 0 Å². The Balaban J connectivity index is 2.24. The Kier molecular flexibility index (Phi) is 4.72. The normalized spacial score (nSPS) is 17.7. The van der Waals surface area contributed by atoms with E-state index in [1.807, 2.05) is 12.1 Å². The first kappa shape index (κ1) is 13.5. The van der Waals surface area contributed by atoms with Gasteiger partial charge in [-0.15, -0.1) is 11.6 Å². The summed E-state index contributed by atoms with van der Waals surface area (Å²) in [7, 11) is 3.31. The van der Waals surface area contributed by atoms with Gasteiger partial charge in [0.2, 0.25) is 0 Å². The maximum atomic E-state index is 6.14. The van der Waals surface area contributed by atoms with Gasteiger partial charge in [-0.3, -0.25) is 4.90 Å². The van der Waals surface area contributed by atoms with Crippen molar-refractivity contribution in [3.05, 3.63) is 23.8 Å². The van der Waals surface area contributed by atoms with Crippen LogP contribution in [-0.4, -0.2) is 38.1 Å². The van der Waals surface area contributed by atoms with Crippen LogP contribution in [0.15, 0.2) is 18.2 Å². The Hall–Kier alpha value is -0.930. The predicted octanol–water partition coefficient (Wildman–Crippen LogP) is 3.08. The zero-order valence-corrected chi connectivity index (χ0v) is 11.7. The molecule has 1 fully saturated rings. The summed E-state index contributed by atoms with van der Waals surface area (Å²) in [5, 5.41) is 0. The van der Waals surface area contributed by atoms with E-state index < -0.39 is 0 Å². The van der Waals surface area contributed by atoms with E-state index in [9.17, 15) is 0 Å². The third-order valence-electron chi connectivity index (χ3n) is 3.52. The first-order valence-corrected chi connectivity index (χ1v) is 6.85. The third-order valence-corrected chi connectivity index (χ3v) is 3.81. The topological polar surface area (TPSA) is 21.7 Å². The summed E-state index contributed by atoms with van der Waals surface area (Å²) in [5.74, 6) is 2.13. The lowest BCUT2D eigenvalue weighted by Crippen LogP contribution is -2.26. The Labute approximate surface area is 114 Å². The van der Waals surface area contributed by atoms with Gasteiger partial charge < -0.3 is 9.47 Å². The number of rotatable bonds is 5. The molecule has 1 aromatic carbocycles. The second kappa shape index (κ2) is 6.30. The van der Waals surface area contributed by atoms with E-state index in [0.717, 1.165) is 24.6 Å². The summed E-state index contributed by atoms with van der Waals surface area (Å²) in [5.41, 5.74) is 1.20. The van der Waals surface area contributed by atoms with Gasteiger partial charge in [0.25, 0.3) is 0 Å². The summed E-state index contributed by atoms with van der Waals surface area (Å²) in [4.78, 5) is 2.44. The maximum absolute atomic E-state index is 6.14. The fraction of sp³-hybridized carbons (Fsp3) is 0.571. The molecule has 1 aliphatic heterocycles. The maximum Gasteiger partial charge on any atom is 0.161 e. The second-order valence-electron chi connectivity index (χ2n) is 4.53. The minimum absolute atomic E-state index is 0.272. The van der Waals surface area contributed by atoms with Gasteiger partial charge in [-0.05, 0) is 43.6 Å². The number of ether oxygens (including phenoxy) is 2. The molecule has 0 N–H and O–H groups in total.